The van der Waals surface area contributed by atoms with Crippen molar-refractivity contribution in [3.05, 3.63) is 6.07 Å². The SMILES string of the molecule is COc1cc(OC)nc(NC(CCl)C(C)C)n1. The summed E-state index contributed by atoms with van der Waals surface area (Å²) in [5, 5.41) is 3.16. The fourth-order valence-electron chi connectivity index (χ4n) is 1.23. The Kier molecular flexibility index (Phi) is 5.28. The van der Waals surface area contributed by atoms with Gasteiger partial charge in [-0.05, 0) is 5.92 Å². The van der Waals surface area contributed by atoms with Crippen molar-refractivity contribution in [1.82, 2.24) is 9.97 Å². The first kappa shape index (κ1) is 13.8. The summed E-state index contributed by atoms with van der Waals surface area (Å²) in [6, 6.07) is 1.73. The molecular formula is C11H18ClN3O2. The molecule has 5 nitrogen and oxygen atoms in total. The van der Waals surface area contributed by atoms with E-state index in [1.54, 1.807) is 20.3 Å². The van der Waals surface area contributed by atoms with Crippen LogP contribution in [0, 0.1) is 5.92 Å². The molecule has 1 heterocycles. The molecule has 0 amide bonds. The summed E-state index contributed by atoms with van der Waals surface area (Å²) in [6.07, 6.45) is 0. The molecule has 1 atom stereocenters. The van der Waals surface area contributed by atoms with Gasteiger partial charge in [-0.15, -0.1) is 11.6 Å². The van der Waals surface area contributed by atoms with Gasteiger partial charge in [-0.1, -0.05) is 13.8 Å². The fraction of sp³-hybridized carbons (Fsp3) is 0.636. The summed E-state index contributed by atoms with van der Waals surface area (Å²) in [6.45, 7) is 4.16. The van der Waals surface area contributed by atoms with E-state index in [0.29, 0.717) is 29.5 Å². The highest BCUT2D eigenvalue weighted by Gasteiger charge is 2.14. The van der Waals surface area contributed by atoms with Gasteiger partial charge in [0.25, 0.3) is 0 Å². The molecule has 0 aliphatic carbocycles. The van der Waals surface area contributed by atoms with Crippen LogP contribution in [0.4, 0.5) is 5.95 Å². The lowest BCUT2D eigenvalue weighted by Crippen LogP contribution is -2.28. The summed E-state index contributed by atoms with van der Waals surface area (Å²) in [4.78, 5) is 8.37. The molecule has 0 aromatic carbocycles. The molecule has 17 heavy (non-hydrogen) atoms. The number of alkyl halides is 1. The maximum absolute atomic E-state index is 5.88. The van der Waals surface area contributed by atoms with Gasteiger partial charge in [0.05, 0.1) is 20.3 Å². The van der Waals surface area contributed by atoms with Crippen LogP contribution in [0.3, 0.4) is 0 Å². The van der Waals surface area contributed by atoms with Crippen LogP contribution in [0.1, 0.15) is 13.8 Å². The monoisotopic (exact) mass is 259 g/mol. The van der Waals surface area contributed by atoms with E-state index in [1.807, 2.05) is 0 Å². The van der Waals surface area contributed by atoms with E-state index < -0.39 is 0 Å². The van der Waals surface area contributed by atoms with Gasteiger partial charge in [0.15, 0.2) is 0 Å². The molecule has 0 fully saturated rings. The van der Waals surface area contributed by atoms with Crippen LogP contribution >= 0.6 is 11.6 Å². The van der Waals surface area contributed by atoms with Crippen molar-refractivity contribution in [3.8, 4) is 11.8 Å². The number of nitrogens with one attached hydrogen (secondary N) is 1. The van der Waals surface area contributed by atoms with Crippen molar-refractivity contribution in [2.24, 2.45) is 5.92 Å². The number of halogens is 1. The maximum Gasteiger partial charge on any atom is 0.229 e. The minimum atomic E-state index is 0.105. The molecule has 0 saturated heterocycles. The number of anilines is 1. The Labute approximate surface area is 107 Å². The van der Waals surface area contributed by atoms with E-state index in [2.05, 4.69) is 29.1 Å². The number of ether oxygens (including phenoxy) is 2. The third kappa shape index (κ3) is 3.93. The van der Waals surface area contributed by atoms with Crippen molar-refractivity contribution in [2.75, 3.05) is 25.4 Å². The van der Waals surface area contributed by atoms with Crippen molar-refractivity contribution >= 4 is 17.5 Å². The Balaban J connectivity index is 2.89. The molecule has 1 aromatic rings. The van der Waals surface area contributed by atoms with E-state index in [4.69, 9.17) is 21.1 Å². The average Bonchev–Trinajstić information content (AvgIpc) is 2.34. The fourth-order valence-corrected chi connectivity index (χ4v) is 1.66. The predicted octanol–water partition coefficient (Wildman–Crippen LogP) is 2.17. The lowest BCUT2D eigenvalue weighted by Gasteiger charge is -2.19. The molecule has 0 radical (unpaired) electrons. The molecule has 0 spiro atoms. The minimum absolute atomic E-state index is 0.105. The van der Waals surface area contributed by atoms with Crippen molar-refractivity contribution in [2.45, 2.75) is 19.9 Å². The normalized spacial score (nSPS) is 12.4. The van der Waals surface area contributed by atoms with E-state index in [0.717, 1.165) is 0 Å². The Morgan fingerprint density at radius 3 is 2.12 bits per heavy atom. The van der Waals surface area contributed by atoms with Crippen molar-refractivity contribution in [3.63, 3.8) is 0 Å². The highest BCUT2D eigenvalue weighted by molar-refractivity contribution is 6.18. The third-order valence-electron chi connectivity index (χ3n) is 2.38. The van der Waals surface area contributed by atoms with Gasteiger partial charge in [-0.3, -0.25) is 0 Å². The summed E-state index contributed by atoms with van der Waals surface area (Å²) in [5.74, 6) is 2.24. The molecule has 96 valence electrons. The summed E-state index contributed by atoms with van der Waals surface area (Å²) >= 11 is 5.88. The Morgan fingerprint density at radius 2 is 1.76 bits per heavy atom. The van der Waals surface area contributed by atoms with Crippen molar-refractivity contribution < 1.29 is 9.47 Å². The number of aromatic nitrogens is 2. The van der Waals surface area contributed by atoms with E-state index >= 15 is 0 Å². The highest BCUT2D eigenvalue weighted by Crippen LogP contribution is 2.19. The Morgan fingerprint density at radius 1 is 1.24 bits per heavy atom. The maximum atomic E-state index is 5.88. The second-order valence-corrected chi connectivity index (χ2v) is 4.23. The van der Waals surface area contributed by atoms with Gasteiger partial charge in [-0.25, -0.2) is 0 Å². The second kappa shape index (κ2) is 6.49. The lowest BCUT2D eigenvalue weighted by molar-refractivity contribution is 0.372. The van der Waals surface area contributed by atoms with Crippen LogP contribution in [0.5, 0.6) is 11.8 Å². The van der Waals surface area contributed by atoms with Gasteiger partial charge in [0.2, 0.25) is 17.7 Å². The number of nitrogens with zero attached hydrogens (tertiary/aromatic N) is 2. The summed E-state index contributed by atoms with van der Waals surface area (Å²) in [5.41, 5.74) is 0. The Bertz CT molecular complexity index is 338. The zero-order valence-corrected chi connectivity index (χ0v) is 11.3. The molecular weight excluding hydrogens is 242 g/mol. The number of methoxy groups -OCH3 is 2. The quantitative estimate of drug-likeness (QED) is 0.794. The molecule has 0 aliphatic heterocycles. The third-order valence-corrected chi connectivity index (χ3v) is 2.72. The first-order valence-corrected chi connectivity index (χ1v) is 5.93. The second-order valence-electron chi connectivity index (χ2n) is 3.93. The van der Waals surface area contributed by atoms with Crippen LogP contribution in [0.25, 0.3) is 0 Å². The number of hydrogen-bond acceptors (Lipinski definition) is 5. The van der Waals surface area contributed by atoms with E-state index in [-0.39, 0.29) is 6.04 Å². The topological polar surface area (TPSA) is 56.3 Å². The Hall–Kier alpha value is -1.23. The average molecular weight is 260 g/mol. The zero-order valence-electron chi connectivity index (χ0n) is 10.5. The molecule has 1 aromatic heterocycles. The van der Waals surface area contributed by atoms with E-state index in [9.17, 15) is 0 Å². The smallest absolute Gasteiger partial charge is 0.229 e. The number of hydrogen-bond donors (Lipinski definition) is 1. The lowest BCUT2D eigenvalue weighted by atomic mass is 10.1. The highest BCUT2D eigenvalue weighted by atomic mass is 35.5. The number of rotatable bonds is 6. The van der Waals surface area contributed by atoms with E-state index in [1.165, 1.54) is 0 Å². The molecule has 0 aliphatic rings. The zero-order chi connectivity index (χ0) is 12.8. The van der Waals surface area contributed by atoms with Gasteiger partial charge in [0.1, 0.15) is 0 Å². The van der Waals surface area contributed by atoms with Crippen LogP contribution in [-0.2, 0) is 0 Å². The van der Waals surface area contributed by atoms with Crippen LogP contribution < -0.4 is 14.8 Å². The van der Waals surface area contributed by atoms with Gasteiger partial charge >= 0.3 is 0 Å². The first-order valence-electron chi connectivity index (χ1n) is 5.40. The van der Waals surface area contributed by atoms with Crippen LogP contribution in [0.2, 0.25) is 0 Å². The standard InChI is InChI=1S/C11H18ClN3O2/c1-7(2)8(6-12)13-11-14-9(16-3)5-10(15-11)17-4/h5,7-8H,6H2,1-4H3,(H,13,14,15). The molecule has 1 N–H and O–H groups in total. The molecule has 1 rings (SSSR count). The molecule has 6 heteroatoms. The molecule has 1 unspecified atom stereocenters. The summed E-state index contributed by atoms with van der Waals surface area (Å²) in [7, 11) is 3.10. The van der Waals surface area contributed by atoms with Crippen molar-refractivity contribution in [1.29, 1.82) is 0 Å². The first-order chi connectivity index (χ1) is 8.10. The predicted molar refractivity (Wildman–Crippen MR) is 68.1 cm³/mol. The summed E-state index contributed by atoms with van der Waals surface area (Å²) < 4.78 is 10.1. The van der Waals surface area contributed by atoms with Gasteiger partial charge in [0, 0.05) is 11.9 Å². The van der Waals surface area contributed by atoms with Gasteiger partial charge < -0.3 is 14.8 Å². The minimum Gasteiger partial charge on any atom is -0.481 e. The van der Waals surface area contributed by atoms with Gasteiger partial charge in [-0.2, -0.15) is 9.97 Å². The van der Waals surface area contributed by atoms with Crippen LogP contribution in [0.15, 0.2) is 6.07 Å². The largest absolute Gasteiger partial charge is 0.481 e. The van der Waals surface area contributed by atoms with Crippen LogP contribution in [-0.4, -0.2) is 36.1 Å². The molecule has 0 saturated carbocycles. The molecule has 0 bridgehead atoms.